The molecule has 0 saturated carbocycles. The van der Waals surface area contributed by atoms with E-state index in [-0.39, 0.29) is 36.4 Å². The highest BCUT2D eigenvalue weighted by molar-refractivity contribution is 6.14. The summed E-state index contributed by atoms with van der Waals surface area (Å²) in [5, 5.41) is 8.94. The first kappa shape index (κ1) is 14.4. The van der Waals surface area contributed by atoms with Crippen LogP contribution in [-0.2, 0) is 9.47 Å². The van der Waals surface area contributed by atoms with Crippen LogP contribution in [0.25, 0.3) is 0 Å². The summed E-state index contributed by atoms with van der Waals surface area (Å²) in [6.45, 7) is 0.733. The lowest BCUT2D eigenvalue weighted by Gasteiger charge is -2.31. The molecule has 3 rings (SSSR count). The maximum Gasteiger partial charge on any atom is 0.180 e. The van der Waals surface area contributed by atoms with Crippen molar-refractivity contribution in [1.82, 2.24) is 0 Å². The third-order valence-electron chi connectivity index (χ3n) is 4.10. The average Bonchev–Trinajstić information content (AvgIpc) is 2.53. The molecular formula is C16H18O5. The molecule has 21 heavy (non-hydrogen) atoms. The number of aliphatic hydroxyl groups excluding tert-OH is 1. The van der Waals surface area contributed by atoms with Crippen molar-refractivity contribution in [3.8, 4) is 0 Å². The number of benzene rings is 1. The molecule has 1 aromatic carbocycles. The van der Waals surface area contributed by atoms with Crippen LogP contribution in [0.4, 0.5) is 0 Å². The number of Topliss-reactive ketones (excluding diaryl/α,β-unsaturated/α-hetero) is 2. The summed E-state index contributed by atoms with van der Waals surface area (Å²) in [5.74, 6) is -0.148. The van der Waals surface area contributed by atoms with E-state index in [1.54, 1.807) is 24.3 Å². The van der Waals surface area contributed by atoms with E-state index in [1.165, 1.54) is 0 Å². The second-order valence-corrected chi connectivity index (χ2v) is 5.61. The SMILES string of the molecule is O=C1CC(CC2COC(CO)OC2)C(=O)c2ccccc21. The molecule has 112 valence electrons. The molecular weight excluding hydrogens is 272 g/mol. The molecule has 0 bridgehead atoms. The van der Waals surface area contributed by atoms with Crippen molar-refractivity contribution in [2.75, 3.05) is 19.8 Å². The molecule has 0 radical (unpaired) electrons. The van der Waals surface area contributed by atoms with Gasteiger partial charge in [-0.05, 0) is 6.42 Å². The van der Waals surface area contributed by atoms with E-state index < -0.39 is 6.29 Å². The number of ketones is 2. The Balaban J connectivity index is 1.68. The van der Waals surface area contributed by atoms with Gasteiger partial charge in [0.15, 0.2) is 17.9 Å². The van der Waals surface area contributed by atoms with Crippen LogP contribution in [0.2, 0.25) is 0 Å². The van der Waals surface area contributed by atoms with E-state index in [0.29, 0.717) is 30.8 Å². The maximum atomic E-state index is 12.5. The zero-order chi connectivity index (χ0) is 14.8. The molecule has 1 N–H and O–H groups in total. The van der Waals surface area contributed by atoms with Crippen LogP contribution in [0.1, 0.15) is 33.6 Å². The van der Waals surface area contributed by atoms with Gasteiger partial charge in [0.2, 0.25) is 0 Å². The van der Waals surface area contributed by atoms with Crippen molar-refractivity contribution in [1.29, 1.82) is 0 Å². The van der Waals surface area contributed by atoms with Crippen LogP contribution >= 0.6 is 0 Å². The first-order chi connectivity index (χ1) is 10.2. The molecule has 0 aromatic heterocycles. The third kappa shape index (κ3) is 2.90. The van der Waals surface area contributed by atoms with Gasteiger partial charge in [-0.1, -0.05) is 24.3 Å². The summed E-state index contributed by atoms with van der Waals surface area (Å²) < 4.78 is 10.7. The summed E-state index contributed by atoms with van der Waals surface area (Å²) in [4.78, 5) is 24.6. The highest BCUT2D eigenvalue weighted by Gasteiger charge is 2.35. The Morgan fingerprint density at radius 1 is 1.10 bits per heavy atom. The van der Waals surface area contributed by atoms with Gasteiger partial charge in [0, 0.05) is 29.4 Å². The highest BCUT2D eigenvalue weighted by Crippen LogP contribution is 2.31. The zero-order valence-corrected chi connectivity index (χ0v) is 11.7. The second kappa shape index (κ2) is 6.05. The van der Waals surface area contributed by atoms with Crippen molar-refractivity contribution >= 4 is 11.6 Å². The summed E-state index contributed by atoms with van der Waals surface area (Å²) in [5.41, 5.74) is 1.07. The lowest BCUT2D eigenvalue weighted by Crippen LogP contribution is -2.37. The van der Waals surface area contributed by atoms with Crippen molar-refractivity contribution in [3.05, 3.63) is 35.4 Å². The molecule has 1 aromatic rings. The van der Waals surface area contributed by atoms with Gasteiger partial charge < -0.3 is 14.6 Å². The summed E-state index contributed by atoms with van der Waals surface area (Å²) in [7, 11) is 0. The van der Waals surface area contributed by atoms with Crippen LogP contribution < -0.4 is 0 Å². The smallest absolute Gasteiger partial charge is 0.180 e. The fraction of sp³-hybridized carbons (Fsp3) is 0.500. The predicted octanol–water partition coefficient (Wildman–Crippen LogP) is 1.44. The standard InChI is InChI=1S/C16H18O5/c17-7-15-20-8-10(9-21-15)5-11-6-14(18)12-3-1-2-4-13(12)16(11)19/h1-4,10-11,15,17H,5-9H2. The lowest BCUT2D eigenvalue weighted by atomic mass is 9.78. The molecule has 1 unspecified atom stereocenters. The Bertz CT molecular complexity index is 545. The Labute approximate surface area is 122 Å². The molecule has 5 heteroatoms. The van der Waals surface area contributed by atoms with Crippen LogP contribution in [0, 0.1) is 11.8 Å². The molecule has 1 aliphatic heterocycles. The van der Waals surface area contributed by atoms with Crippen LogP contribution in [0.3, 0.4) is 0 Å². The van der Waals surface area contributed by atoms with Crippen LogP contribution in [0.15, 0.2) is 24.3 Å². The molecule has 1 aliphatic carbocycles. The molecule has 5 nitrogen and oxygen atoms in total. The second-order valence-electron chi connectivity index (χ2n) is 5.61. The van der Waals surface area contributed by atoms with Crippen LogP contribution in [0.5, 0.6) is 0 Å². The Hall–Kier alpha value is -1.56. The number of carbonyl (C=O) groups excluding carboxylic acids is 2. The van der Waals surface area contributed by atoms with Gasteiger partial charge in [-0.25, -0.2) is 0 Å². The van der Waals surface area contributed by atoms with Crippen molar-refractivity contribution in [3.63, 3.8) is 0 Å². The van der Waals surface area contributed by atoms with Gasteiger partial charge in [0.1, 0.15) is 0 Å². The van der Waals surface area contributed by atoms with E-state index in [2.05, 4.69) is 0 Å². The van der Waals surface area contributed by atoms with E-state index in [0.717, 1.165) is 0 Å². The predicted molar refractivity (Wildman–Crippen MR) is 74.1 cm³/mol. The summed E-state index contributed by atoms with van der Waals surface area (Å²) >= 11 is 0. The largest absolute Gasteiger partial charge is 0.391 e. The number of rotatable bonds is 3. The van der Waals surface area contributed by atoms with Gasteiger partial charge >= 0.3 is 0 Å². The van der Waals surface area contributed by atoms with Crippen LogP contribution in [-0.4, -0.2) is 42.8 Å². The third-order valence-corrected chi connectivity index (χ3v) is 4.10. The number of carbonyl (C=O) groups is 2. The number of fused-ring (bicyclic) bond motifs is 1. The van der Waals surface area contributed by atoms with Gasteiger partial charge in [0.05, 0.1) is 19.8 Å². The summed E-state index contributed by atoms with van der Waals surface area (Å²) in [6.07, 6.45) is 0.276. The minimum Gasteiger partial charge on any atom is -0.391 e. The van der Waals surface area contributed by atoms with Gasteiger partial charge in [-0.3, -0.25) is 9.59 Å². The number of hydrogen-bond donors (Lipinski definition) is 1. The van der Waals surface area contributed by atoms with Crippen molar-refractivity contribution in [2.24, 2.45) is 11.8 Å². The lowest BCUT2D eigenvalue weighted by molar-refractivity contribution is -0.216. The van der Waals surface area contributed by atoms with Crippen molar-refractivity contribution < 1.29 is 24.2 Å². The van der Waals surface area contributed by atoms with Gasteiger partial charge in [0.25, 0.3) is 0 Å². The molecule has 1 fully saturated rings. The first-order valence-electron chi connectivity index (χ1n) is 7.19. The minimum absolute atomic E-state index is 0.0288. The van der Waals surface area contributed by atoms with Gasteiger partial charge in [-0.2, -0.15) is 0 Å². The monoisotopic (exact) mass is 290 g/mol. The van der Waals surface area contributed by atoms with Crippen molar-refractivity contribution in [2.45, 2.75) is 19.1 Å². The fourth-order valence-corrected chi connectivity index (χ4v) is 3.00. The van der Waals surface area contributed by atoms with E-state index in [9.17, 15) is 9.59 Å². The molecule has 1 heterocycles. The molecule has 0 amide bonds. The summed E-state index contributed by atoms with van der Waals surface area (Å²) in [6, 6.07) is 7.00. The van der Waals surface area contributed by atoms with E-state index in [1.807, 2.05) is 0 Å². The number of hydrogen-bond acceptors (Lipinski definition) is 5. The van der Waals surface area contributed by atoms with Gasteiger partial charge in [-0.15, -0.1) is 0 Å². The Morgan fingerprint density at radius 3 is 2.43 bits per heavy atom. The normalized spacial score (nSPS) is 29.3. The highest BCUT2D eigenvalue weighted by atomic mass is 16.7. The Kier molecular flexibility index (Phi) is 4.14. The number of ether oxygens (including phenoxy) is 2. The Morgan fingerprint density at radius 2 is 1.76 bits per heavy atom. The average molecular weight is 290 g/mol. The minimum atomic E-state index is -0.564. The molecule has 1 atom stereocenters. The van der Waals surface area contributed by atoms with E-state index in [4.69, 9.17) is 14.6 Å². The zero-order valence-electron chi connectivity index (χ0n) is 11.7. The molecule has 2 aliphatic rings. The van der Waals surface area contributed by atoms with E-state index >= 15 is 0 Å². The fourth-order valence-electron chi connectivity index (χ4n) is 3.00. The molecule has 1 saturated heterocycles. The first-order valence-corrected chi connectivity index (χ1v) is 7.19. The number of aliphatic hydroxyl groups is 1. The molecule has 0 spiro atoms. The maximum absolute atomic E-state index is 12.5. The topological polar surface area (TPSA) is 72.8 Å². The quantitative estimate of drug-likeness (QED) is 0.912.